The zero-order valence-electron chi connectivity index (χ0n) is 13.0. The van der Waals surface area contributed by atoms with Crippen molar-refractivity contribution < 1.29 is 14.3 Å². The van der Waals surface area contributed by atoms with Gasteiger partial charge in [-0.2, -0.15) is 5.26 Å². The number of nitrogens with two attached hydrogens (primary N) is 1. The lowest BCUT2D eigenvalue weighted by molar-refractivity contribution is -0.130. The van der Waals surface area contributed by atoms with Gasteiger partial charge in [0.2, 0.25) is 11.8 Å². The normalized spacial score (nSPS) is 23.0. The van der Waals surface area contributed by atoms with Crippen LogP contribution in [0.5, 0.6) is 5.75 Å². The number of benzene rings is 1. The van der Waals surface area contributed by atoms with Gasteiger partial charge in [0.25, 0.3) is 0 Å². The van der Waals surface area contributed by atoms with Crippen LogP contribution < -0.4 is 10.5 Å². The molecule has 0 radical (unpaired) electrons. The van der Waals surface area contributed by atoms with Crippen molar-refractivity contribution in [1.29, 1.82) is 5.26 Å². The highest BCUT2D eigenvalue weighted by molar-refractivity contribution is 6.13. The summed E-state index contributed by atoms with van der Waals surface area (Å²) in [6.07, 6.45) is 0. The first-order valence-electron chi connectivity index (χ1n) is 7.05. The lowest BCUT2D eigenvalue weighted by Crippen LogP contribution is -2.46. The molecule has 0 aliphatic carbocycles. The van der Waals surface area contributed by atoms with Gasteiger partial charge in [-0.15, -0.1) is 0 Å². The first kappa shape index (κ1) is 14.9. The Morgan fingerprint density at radius 1 is 1.39 bits per heavy atom. The largest absolute Gasteiger partial charge is 0.440 e. The summed E-state index contributed by atoms with van der Waals surface area (Å²) in [5.41, 5.74) is 5.57. The van der Waals surface area contributed by atoms with Gasteiger partial charge in [-0.1, -0.05) is 18.2 Å². The molecule has 1 atom stereocenters. The van der Waals surface area contributed by atoms with Crippen LogP contribution in [0.4, 0.5) is 0 Å². The van der Waals surface area contributed by atoms with E-state index in [0.29, 0.717) is 17.0 Å². The van der Waals surface area contributed by atoms with Crippen LogP contribution in [0.15, 0.2) is 47.0 Å². The van der Waals surface area contributed by atoms with Gasteiger partial charge < -0.3 is 15.4 Å². The van der Waals surface area contributed by atoms with Gasteiger partial charge in [0.1, 0.15) is 22.8 Å². The van der Waals surface area contributed by atoms with Crippen LogP contribution in [-0.2, 0) is 15.0 Å². The zero-order chi connectivity index (χ0) is 16.9. The topological polar surface area (TPSA) is 96.4 Å². The van der Waals surface area contributed by atoms with Crippen molar-refractivity contribution in [2.24, 2.45) is 5.73 Å². The Hall–Kier alpha value is -3.07. The Kier molecular flexibility index (Phi) is 3.04. The molecule has 0 aromatic heterocycles. The number of para-hydroxylation sites is 1. The molecular weight excluding hydrogens is 294 g/mol. The average molecular weight is 309 g/mol. The number of nitrogens with zero attached hydrogens (tertiary/aromatic N) is 2. The van der Waals surface area contributed by atoms with Gasteiger partial charge in [0, 0.05) is 23.9 Å². The summed E-state index contributed by atoms with van der Waals surface area (Å²) in [5.74, 6) is -0.437. The van der Waals surface area contributed by atoms with E-state index in [1.54, 1.807) is 38.2 Å². The number of hydrogen-bond acceptors (Lipinski definition) is 5. The molecule has 2 N–H and O–H groups in total. The smallest absolute Gasteiger partial charge is 0.247 e. The lowest BCUT2D eigenvalue weighted by Gasteiger charge is -2.35. The highest BCUT2D eigenvalue weighted by atomic mass is 16.5. The van der Waals surface area contributed by atoms with E-state index in [-0.39, 0.29) is 28.7 Å². The summed E-state index contributed by atoms with van der Waals surface area (Å²) in [6, 6.07) is 8.81. The Balaban J connectivity index is 2.51. The van der Waals surface area contributed by atoms with E-state index < -0.39 is 5.41 Å². The lowest BCUT2D eigenvalue weighted by atomic mass is 9.67. The molecule has 2 heterocycles. The van der Waals surface area contributed by atoms with E-state index in [2.05, 4.69) is 0 Å². The predicted octanol–water partition coefficient (Wildman–Crippen LogP) is 1.35. The van der Waals surface area contributed by atoms with Gasteiger partial charge in [-0.05, 0) is 19.9 Å². The van der Waals surface area contributed by atoms with Crippen molar-refractivity contribution in [3.8, 4) is 11.8 Å². The molecule has 1 spiro atoms. The highest BCUT2D eigenvalue weighted by Crippen LogP contribution is 2.53. The molecule has 2 aliphatic heterocycles. The summed E-state index contributed by atoms with van der Waals surface area (Å²) in [6.45, 7) is 3.07. The minimum Gasteiger partial charge on any atom is -0.440 e. The molecule has 6 heteroatoms. The number of likely N-dealkylation sites (N-methyl/N-ethyl adjacent to an activating group) is 1. The van der Waals surface area contributed by atoms with Crippen molar-refractivity contribution in [2.45, 2.75) is 19.3 Å². The van der Waals surface area contributed by atoms with E-state index in [9.17, 15) is 14.9 Å². The molecule has 1 aromatic carbocycles. The summed E-state index contributed by atoms with van der Waals surface area (Å²) < 4.78 is 5.50. The second-order valence-corrected chi connectivity index (χ2v) is 5.58. The fraction of sp³-hybridized carbons (Fsp3) is 0.235. The van der Waals surface area contributed by atoms with E-state index in [0.717, 1.165) is 0 Å². The summed E-state index contributed by atoms with van der Waals surface area (Å²) in [5, 5.41) is 9.63. The van der Waals surface area contributed by atoms with Gasteiger partial charge >= 0.3 is 0 Å². The Morgan fingerprint density at radius 3 is 2.65 bits per heavy atom. The fourth-order valence-electron chi connectivity index (χ4n) is 3.44. The molecule has 0 fully saturated rings. The number of ketones is 1. The number of Topliss-reactive ketones (excluding diaryl/α,β-unsaturated/α-hetero) is 1. The maximum atomic E-state index is 13.1. The maximum Gasteiger partial charge on any atom is 0.247 e. The van der Waals surface area contributed by atoms with Crippen molar-refractivity contribution in [1.82, 2.24) is 4.90 Å². The van der Waals surface area contributed by atoms with Crippen LogP contribution in [0.2, 0.25) is 0 Å². The quantitative estimate of drug-likeness (QED) is 0.844. The molecule has 23 heavy (non-hydrogen) atoms. The maximum absolute atomic E-state index is 13.1. The van der Waals surface area contributed by atoms with Crippen molar-refractivity contribution >= 4 is 11.7 Å². The van der Waals surface area contributed by atoms with Crippen LogP contribution in [0, 0.1) is 11.3 Å². The number of amides is 1. The van der Waals surface area contributed by atoms with E-state index in [4.69, 9.17) is 10.5 Å². The average Bonchev–Trinajstić information content (AvgIpc) is 2.70. The zero-order valence-corrected chi connectivity index (χ0v) is 13.0. The monoisotopic (exact) mass is 309 g/mol. The van der Waals surface area contributed by atoms with Crippen molar-refractivity contribution in [2.75, 3.05) is 7.05 Å². The minimum atomic E-state index is -1.53. The van der Waals surface area contributed by atoms with Crippen LogP contribution in [0.25, 0.3) is 0 Å². The first-order chi connectivity index (χ1) is 10.9. The van der Waals surface area contributed by atoms with Crippen molar-refractivity contribution in [3.63, 3.8) is 0 Å². The van der Waals surface area contributed by atoms with Crippen molar-refractivity contribution in [3.05, 3.63) is 52.6 Å². The van der Waals surface area contributed by atoms with Gasteiger partial charge in [-0.3, -0.25) is 9.59 Å². The van der Waals surface area contributed by atoms with Gasteiger partial charge in [0.05, 0.1) is 0 Å². The molecular formula is C17H15N3O3. The number of nitriles is 1. The second-order valence-electron chi connectivity index (χ2n) is 5.58. The molecule has 116 valence electrons. The minimum absolute atomic E-state index is 0.0462. The highest BCUT2D eigenvalue weighted by Gasteiger charge is 2.60. The number of carbonyl (C=O) groups is 2. The number of carbonyl (C=O) groups excluding carboxylic acids is 2. The van der Waals surface area contributed by atoms with Gasteiger partial charge in [0.15, 0.2) is 5.78 Å². The third kappa shape index (κ3) is 1.62. The molecule has 1 aromatic rings. The number of allylic oxidation sites excluding steroid dienone is 1. The number of fused-ring (bicyclic) bond motifs is 2. The molecule has 2 aliphatic rings. The number of rotatable bonds is 1. The second kappa shape index (κ2) is 4.71. The standard InChI is InChI=1S/C17H15N3O3/c1-9-14(10(2)21)17(16(22)20(9)3)11-6-4-5-7-13(11)23-15(19)12(17)8-18/h4-7H,19H2,1-3H3. The molecule has 3 rings (SSSR count). The van der Waals surface area contributed by atoms with E-state index >= 15 is 0 Å². The number of ether oxygens (including phenoxy) is 1. The Labute approximate surface area is 133 Å². The fourth-order valence-corrected chi connectivity index (χ4v) is 3.44. The molecule has 1 amide bonds. The van der Waals surface area contributed by atoms with Crippen LogP contribution >= 0.6 is 0 Å². The Morgan fingerprint density at radius 2 is 2.04 bits per heavy atom. The third-order valence-corrected chi connectivity index (χ3v) is 4.46. The van der Waals surface area contributed by atoms with Crippen LogP contribution in [0.3, 0.4) is 0 Å². The number of hydrogen-bond donors (Lipinski definition) is 1. The molecule has 0 saturated heterocycles. The molecule has 0 saturated carbocycles. The predicted molar refractivity (Wildman–Crippen MR) is 81.7 cm³/mol. The SMILES string of the molecule is CC(=O)C1=C(C)N(C)C(=O)C12C(C#N)=C(N)Oc1ccccc12. The van der Waals surface area contributed by atoms with Crippen LogP contribution in [-0.4, -0.2) is 23.6 Å². The molecule has 6 nitrogen and oxygen atoms in total. The third-order valence-electron chi connectivity index (χ3n) is 4.46. The first-order valence-corrected chi connectivity index (χ1v) is 7.05. The summed E-state index contributed by atoms with van der Waals surface area (Å²) >= 11 is 0. The van der Waals surface area contributed by atoms with E-state index in [1.807, 2.05) is 6.07 Å². The van der Waals surface area contributed by atoms with Crippen LogP contribution in [0.1, 0.15) is 19.4 Å². The molecule has 0 bridgehead atoms. The summed E-state index contributed by atoms with van der Waals surface area (Å²) in [7, 11) is 1.58. The Bertz CT molecular complexity index is 860. The summed E-state index contributed by atoms with van der Waals surface area (Å²) in [4.78, 5) is 26.9. The molecule has 1 unspecified atom stereocenters. The van der Waals surface area contributed by atoms with E-state index in [1.165, 1.54) is 11.8 Å². The van der Waals surface area contributed by atoms with Gasteiger partial charge in [-0.25, -0.2) is 0 Å².